The number of amides is 1. The maximum Gasteiger partial charge on any atom is 0.312 e. The molecule has 4 rings (SSSR count). The Hall–Kier alpha value is -2.14. The monoisotopic (exact) mass is 313 g/mol. The fourth-order valence-electron chi connectivity index (χ4n) is 4.17. The lowest BCUT2D eigenvalue weighted by Gasteiger charge is -2.27. The van der Waals surface area contributed by atoms with Crippen molar-refractivity contribution in [3.05, 3.63) is 48.0 Å². The van der Waals surface area contributed by atoms with E-state index in [2.05, 4.69) is 0 Å². The lowest BCUT2D eigenvalue weighted by atomic mass is 9.77. The quantitative estimate of drug-likeness (QED) is 0.629. The Balaban J connectivity index is 1.67. The number of rotatable bonds is 3. The van der Waals surface area contributed by atoms with Crippen LogP contribution in [0, 0.1) is 11.8 Å². The molecule has 0 radical (unpaired) electrons. The van der Waals surface area contributed by atoms with E-state index in [4.69, 9.17) is 9.47 Å². The molecule has 0 N–H and O–H groups in total. The molecule has 3 aliphatic rings. The average molecular weight is 313 g/mol. The summed E-state index contributed by atoms with van der Waals surface area (Å²) in [6, 6.07) is 9.84. The largest absolute Gasteiger partial charge is 0.469 e. The molecule has 5 heteroatoms. The molecule has 5 nitrogen and oxygen atoms in total. The van der Waals surface area contributed by atoms with E-state index in [1.165, 1.54) is 7.11 Å². The molecule has 23 heavy (non-hydrogen) atoms. The van der Waals surface area contributed by atoms with Crippen molar-refractivity contribution in [2.75, 3.05) is 13.7 Å². The van der Waals surface area contributed by atoms with Gasteiger partial charge in [0.15, 0.2) is 0 Å². The molecule has 2 bridgehead atoms. The van der Waals surface area contributed by atoms with Crippen molar-refractivity contribution in [2.24, 2.45) is 11.8 Å². The number of fused-ring (bicyclic) bond motifs is 1. The van der Waals surface area contributed by atoms with Crippen molar-refractivity contribution >= 4 is 11.9 Å². The first-order valence-corrected chi connectivity index (χ1v) is 7.88. The number of hydrogen-bond donors (Lipinski definition) is 0. The number of carbonyl (C=O) groups is 2. The minimum Gasteiger partial charge on any atom is -0.469 e. The highest BCUT2D eigenvalue weighted by molar-refractivity contribution is 5.91. The molecule has 1 aromatic rings. The SMILES string of the molecule is COC(=O)[C@H]1[C@@H]2C=C[C@]3(CN([C@@H](C)c4ccccc4)C(=O)[C@H]13)O2. The van der Waals surface area contributed by atoms with Gasteiger partial charge in [-0.1, -0.05) is 42.5 Å². The van der Waals surface area contributed by atoms with Gasteiger partial charge in [0.2, 0.25) is 5.91 Å². The molecule has 0 saturated carbocycles. The van der Waals surface area contributed by atoms with Gasteiger partial charge in [0, 0.05) is 0 Å². The van der Waals surface area contributed by atoms with E-state index >= 15 is 0 Å². The molecule has 120 valence electrons. The first-order chi connectivity index (χ1) is 11.1. The van der Waals surface area contributed by atoms with Crippen LogP contribution < -0.4 is 0 Å². The summed E-state index contributed by atoms with van der Waals surface area (Å²) in [5.41, 5.74) is 0.397. The van der Waals surface area contributed by atoms with Gasteiger partial charge < -0.3 is 14.4 Å². The fraction of sp³-hybridized carbons (Fsp3) is 0.444. The molecular formula is C18H19NO4. The van der Waals surface area contributed by atoms with Crippen LogP contribution >= 0.6 is 0 Å². The molecule has 2 fully saturated rings. The molecule has 0 aromatic heterocycles. The molecule has 0 unspecified atom stereocenters. The van der Waals surface area contributed by atoms with E-state index < -0.39 is 17.4 Å². The third-order valence-corrected chi connectivity index (χ3v) is 5.35. The Morgan fingerprint density at radius 2 is 2.13 bits per heavy atom. The number of hydrogen-bond acceptors (Lipinski definition) is 4. The number of esters is 1. The van der Waals surface area contributed by atoms with Gasteiger partial charge in [-0.15, -0.1) is 0 Å². The number of benzene rings is 1. The molecule has 3 aliphatic heterocycles. The van der Waals surface area contributed by atoms with Gasteiger partial charge in [-0.05, 0) is 12.5 Å². The van der Waals surface area contributed by atoms with E-state index in [-0.39, 0.29) is 24.0 Å². The number of carbonyl (C=O) groups excluding carboxylic acids is 2. The van der Waals surface area contributed by atoms with Crippen molar-refractivity contribution in [2.45, 2.75) is 24.7 Å². The smallest absolute Gasteiger partial charge is 0.312 e. The third-order valence-electron chi connectivity index (χ3n) is 5.35. The molecular weight excluding hydrogens is 294 g/mol. The molecule has 3 heterocycles. The van der Waals surface area contributed by atoms with Crippen LogP contribution in [0.2, 0.25) is 0 Å². The van der Waals surface area contributed by atoms with Gasteiger partial charge in [-0.2, -0.15) is 0 Å². The van der Waals surface area contributed by atoms with Gasteiger partial charge in [-0.3, -0.25) is 9.59 Å². The lowest BCUT2D eigenvalue weighted by Crippen LogP contribution is -2.39. The molecule has 1 aromatic carbocycles. The second-order valence-corrected chi connectivity index (χ2v) is 6.48. The molecule has 5 atom stereocenters. The highest BCUT2D eigenvalue weighted by Crippen LogP contribution is 2.53. The van der Waals surface area contributed by atoms with Crippen molar-refractivity contribution < 1.29 is 19.1 Å². The second-order valence-electron chi connectivity index (χ2n) is 6.48. The maximum absolute atomic E-state index is 13.0. The number of likely N-dealkylation sites (tertiary alicyclic amines) is 1. The Kier molecular flexibility index (Phi) is 3.10. The van der Waals surface area contributed by atoms with E-state index in [1.54, 1.807) is 0 Å². The van der Waals surface area contributed by atoms with Crippen LogP contribution in [0.1, 0.15) is 18.5 Å². The topological polar surface area (TPSA) is 55.8 Å². The van der Waals surface area contributed by atoms with Crippen molar-refractivity contribution in [1.82, 2.24) is 4.90 Å². The summed E-state index contributed by atoms with van der Waals surface area (Å²) < 4.78 is 10.9. The van der Waals surface area contributed by atoms with Crippen LogP contribution in [0.15, 0.2) is 42.5 Å². The van der Waals surface area contributed by atoms with Gasteiger partial charge in [0.25, 0.3) is 0 Å². The van der Waals surface area contributed by atoms with E-state index in [0.29, 0.717) is 6.54 Å². The van der Waals surface area contributed by atoms with E-state index in [0.717, 1.165) is 5.56 Å². The number of nitrogens with zero attached hydrogens (tertiary/aromatic N) is 1. The van der Waals surface area contributed by atoms with Crippen LogP contribution in [-0.4, -0.2) is 42.1 Å². The summed E-state index contributed by atoms with van der Waals surface area (Å²) in [5.74, 6) is -1.40. The van der Waals surface area contributed by atoms with Crippen LogP contribution in [0.25, 0.3) is 0 Å². The fourth-order valence-corrected chi connectivity index (χ4v) is 4.17. The predicted octanol–water partition coefficient (Wildman–Crippen LogP) is 1.70. The summed E-state index contributed by atoms with van der Waals surface area (Å²) in [6.45, 7) is 2.49. The third kappa shape index (κ3) is 1.89. The predicted molar refractivity (Wildman–Crippen MR) is 82.3 cm³/mol. The van der Waals surface area contributed by atoms with Crippen LogP contribution in [-0.2, 0) is 19.1 Å². The molecule has 1 amide bonds. The van der Waals surface area contributed by atoms with Crippen molar-refractivity contribution in [3.63, 3.8) is 0 Å². The van der Waals surface area contributed by atoms with E-state index in [9.17, 15) is 9.59 Å². The highest BCUT2D eigenvalue weighted by Gasteiger charge is 2.67. The van der Waals surface area contributed by atoms with Crippen LogP contribution in [0.4, 0.5) is 0 Å². The standard InChI is InChI=1S/C18H19NO4/c1-11(12-6-4-3-5-7-12)19-10-18-9-8-13(23-18)14(17(21)22-2)15(18)16(19)20/h3-9,11,13-15H,10H2,1-2H3/t11-,13-,14-,15-,18+/m0/s1. The molecule has 0 aliphatic carbocycles. The van der Waals surface area contributed by atoms with Crippen LogP contribution in [0.3, 0.4) is 0 Å². The van der Waals surface area contributed by atoms with Crippen molar-refractivity contribution in [3.8, 4) is 0 Å². The van der Waals surface area contributed by atoms with Gasteiger partial charge >= 0.3 is 5.97 Å². The normalized spacial score (nSPS) is 35.5. The maximum atomic E-state index is 13.0. The van der Waals surface area contributed by atoms with Gasteiger partial charge in [-0.25, -0.2) is 0 Å². The molecule has 2 saturated heterocycles. The first-order valence-electron chi connectivity index (χ1n) is 7.88. The Morgan fingerprint density at radius 3 is 2.83 bits per heavy atom. The molecule has 1 spiro atoms. The zero-order valence-corrected chi connectivity index (χ0v) is 13.1. The van der Waals surface area contributed by atoms with Crippen LogP contribution in [0.5, 0.6) is 0 Å². The summed E-state index contributed by atoms with van der Waals surface area (Å²) in [6.07, 6.45) is 3.50. The van der Waals surface area contributed by atoms with Crippen molar-refractivity contribution in [1.29, 1.82) is 0 Å². The summed E-state index contributed by atoms with van der Waals surface area (Å²) >= 11 is 0. The minimum atomic E-state index is -0.677. The van der Waals surface area contributed by atoms with E-state index in [1.807, 2.05) is 54.3 Å². The summed E-state index contributed by atoms with van der Waals surface area (Å²) in [5, 5.41) is 0. The number of methoxy groups -OCH3 is 1. The number of ether oxygens (including phenoxy) is 2. The zero-order chi connectivity index (χ0) is 16.2. The summed E-state index contributed by atoms with van der Waals surface area (Å²) in [7, 11) is 1.36. The van der Waals surface area contributed by atoms with Gasteiger partial charge in [0.1, 0.15) is 11.5 Å². The Labute approximate surface area is 134 Å². The average Bonchev–Trinajstić information content (AvgIpc) is 3.22. The van der Waals surface area contributed by atoms with Gasteiger partial charge in [0.05, 0.1) is 31.7 Å². The Bertz CT molecular complexity index is 686. The minimum absolute atomic E-state index is 0.0244. The zero-order valence-electron chi connectivity index (χ0n) is 13.1. The highest BCUT2D eigenvalue weighted by atomic mass is 16.5. The Morgan fingerprint density at radius 1 is 1.39 bits per heavy atom. The second kappa shape index (κ2) is 4.93. The first kappa shape index (κ1) is 14.5. The summed E-state index contributed by atoms with van der Waals surface area (Å²) in [4.78, 5) is 27.0. The lowest BCUT2D eigenvalue weighted by molar-refractivity contribution is -0.151.